The van der Waals surface area contributed by atoms with Gasteiger partial charge in [-0.15, -0.1) is 11.3 Å². The molecule has 3 nitrogen and oxygen atoms in total. The maximum Gasteiger partial charge on any atom is 0.223 e. The summed E-state index contributed by atoms with van der Waals surface area (Å²) in [7, 11) is 0. The number of aromatic nitrogens is 1. The number of thiazole rings is 1. The van der Waals surface area contributed by atoms with Crippen LogP contribution in [-0.2, 0) is 17.8 Å². The van der Waals surface area contributed by atoms with E-state index in [0.717, 1.165) is 17.1 Å². The standard InChI is InChI=1S/C17H22N2OS/c1-13(2)19(11-15-7-5-4-6-8-15)17(20)10-9-16-12-21-14(3)18-16/h4-8,12-13H,9-11H2,1-3H3. The Morgan fingerprint density at radius 1 is 1.29 bits per heavy atom. The molecule has 0 aliphatic rings. The largest absolute Gasteiger partial charge is 0.336 e. The van der Waals surface area contributed by atoms with Crippen molar-refractivity contribution in [3.8, 4) is 0 Å². The molecule has 1 aromatic heterocycles. The number of benzene rings is 1. The van der Waals surface area contributed by atoms with E-state index in [4.69, 9.17) is 0 Å². The number of amides is 1. The van der Waals surface area contributed by atoms with E-state index in [1.165, 1.54) is 5.56 Å². The average Bonchev–Trinajstić information content (AvgIpc) is 2.89. The van der Waals surface area contributed by atoms with Crippen molar-refractivity contribution in [2.24, 2.45) is 0 Å². The molecule has 0 saturated carbocycles. The maximum atomic E-state index is 12.5. The Kier molecular flexibility index (Phi) is 5.51. The van der Waals surface area contributed by atoms with Crippen LogP contribution in [0.5, 0.6) is 0 Å². The highest BCUT2D eigenvalue weighted by Crippen LogP contribution is 2.13. The normalized spacial score (nSPS) is 10.9. The van der Waals surface area contributed by atoms with Gasteiger partial charge in [-0.25, -0.2) is 4.98 Å². The van der Waals surface area contributed by atoms with Crippen molar-refractivity contribution in [3.63, 3.8) is 0 Å². The lowest BCUT2D eigenvalue weighted by atomic mass is 10.1. The van der Waals surface area contributed by atoms with Gasteiger partial charge in [0.1, 0.15) is 0 Å². The van der Waals surface area contributed by atoms with Crippen LogP contribution in [-0.4, -0.2) is 21.8 Å². The minimum absolute atomic E-state index is 0.194. The van der Waals surface area contributed by atoms with Crippen molar-refractivity contribution in [1.29, 1.82) is 0 Å². The molecule has 0 fully saturated rings. The summed E-state index contributed by atoms with van der Waals surface area (Å²) in [4.78, 5) is 18.8. The highest BCUT2D eigenvalue weighted by molar-refractivity contribution is 7.09. The number of hydrogen-bond acceptors (Lipinski definition) is 3. The summed E-state index contributed by atoms with van der Waals surface area (Å²) in [6.45, 7) is 6.79. The molecule has 1 amide bonds. The first-order valence-electron chi connectivity index (χ1n) is 7.30. The first-order chi connectivity index (χ1) is 10.1. The molecule has 0 atom stereocenters. The lowest BCUT2D eigenvalue weighted by Gasteiger charge is -2.27. The summed E-state index contributed by atoms with van der Waals surface area (Å²) in [5.74, 6) is 0.194. The van der Waals surface area contributed by atoms with E-state index in [2.05, 4.69) is 31.0 Å². The summed E-state index contributed by atoms with van der Waals surface area (Å²) in [5, 5.41) is 3.10. The number of aryl methyl sites for hydroxylation is 2. The fourth-order valence-corrected chi connectivity index (χ4v) is 2.89. The third-order valence-corrected chi connectivity index (χ3v) is 4.22. The summed E-state index contributed by atoms with van der Waals surface area (Å²) in [5.41, 5.74) is 2.19. The number of hydrogen-bond donors (Lipinski definition) is 0. The number of carbonyl (C=O) groups excluding carboxylic acids is 1. The Hall–Kier alpha value is -1.68. The molecule has 0 spiro atoms. The number of carbonyl (C=O) groups is 1. The van der Waals surface area contributed by atoms with E-state index >= 15 is 0 Å². The molecule has 1 aromatic carbocycles. The Labute approximate surface area is 130 Å². The van der Waals surface area contributed by atoms with Gasteiger partial charge in [0, 0.05) is 24.4 Å². The van der Waals surface area contributed by atoms with Crippen molar-refractivity contribution in [3.05, 3.63) is 52.0 Å². The number of rotatable bonds is 6. The molecule has 1 heterocycles. The second-order valence-corrected chi connectivity index (χ2v) is 6.52. The van der Waals surface area contributed by atoms with Crippen LogP contribution < -0.4 is 0 Å². The van der Waals surface area contributed by atoms with Gasteiger partial charge in [0.05, 0.1) is 10.7 Å². The van der Waals surface area contributed by atoms with Crippen LogP contribution >= 0.6 is 11.3 Å². The van der Waals surface area contributed by atoms with Gasteiger partial charge >= 0.3 is 0 Å². The molecule has 2 aromatic rings. The van der Waals surface area contributed by atoms with Gasteiger partial charge in [0.15, 0.2) is 0 Å². The third kappa shape index (κ3) is 4.67. The van der Waals surface area contributed by atoms with Crippen molar-refractivity contribution in [2.45, 2.75) is 46.2 Å². The molecular weight excluding hydrogens is 280 g/mol. The predicted molar refractivity (Wildman–Crippen MR) is 87.3 cm³/mol. The quantitative estimate of drug-likeness (QED) is 0.812. The van der Waals surface area contributed by atoms with E-state index < -0.39 is 0 Å². The first kappa shape index (κ1) is 15.7. The van der Waals surface area contributed by atoms with Gasteiger partial charge < -0.3 is 4.90 Å². The fraction of sp³-hybridized carbons (Fsp3) is 0.412. The molecule has 4 heteroatoms. The van der Waals surface area contributed by atoms with E-state index in [9.17, 15) is 4.79 Å². The molecule has 0 unspecified atom stereocenters. The zero-order valence-corrected chi connectivity index (χ0v) is 13.7. The van der Waals surface area contributed by atoms with Crippen LogP contribution in [0.3, 0.4) is 0 Å². The first-order valence-corrected chi connectivity index (χ1v) is 8.18. The Balaban J connectivity index is 1.95. The van der Waals surface area contributed by atoms with E-state index in [-0.39, 0.29) is 11.9 Å². The zero-order valence-electron chi connectivity index (χ0n) is 12.9. The SMILES string of the molecule is Cc1nc(CCC(=O)N(Cc2ccccc2)C(C)C)cs1. The van der Waals surface area contributed by atoms with Crippen molar-refractivity contribution in [2.75, 3.05) is 0 Å². The second kappa shape index (κ2) is 7.36. The molecule has 112 valence electrons. The highest BCUT2D eigenvalue weighted by Gasteiger charge is 2.17. The number of nitrogens with zero attached hydrogens (tertiary/aromatic N) is 2. The summed E-state index contributed by atoms with van der Waals surface area (Å²) in [6.07, 6.45) is 1.25. The Morgan fingerprint density at radius 3 is 2.57 bits per heavy atom. The lowest BCUT2D eigenvalue weighted by molar-refractivity contribution is -0.133. The molecule has 0 bridgehead atoms. The van der Waals surface area contributed by atoms with Gasteiger partial charge in [0.25, 0.3) is 0 Å². The van der Waals surface area contributed by atoms with Crippen LogP contribution in [0.25, 0.3) is 0 Å². The van der Waals surface area contributed by atoms with Gasteiger partial charge in [-0.3, -0.25) is 4.79 Å². The van der Waals surface area contributed by atoms with Crippen LogP contribution in [0.15, 0.2) is 35.7 Å². The van der Waals surface area contributed by atoms with Crippen molar-refractivity contribution >= 4 is 17.2 Å². The molecular formula is C17H22N2OS. The van der Waals surface area contributed by atoms with Gasteiger partial charge in [-0.2, -0.15) is 0 Å². The Morgan fingerprint density at radius 2 is 2.00 bits per heavy atom. The molecule has 2 rings (SSSR count). The fourth-order valence-electron chi connectivity index (χ4n) is 2.24. The minimum atomic E-state index is 0.194. The monoisotopic (exact) mass is 302 g/mol. The van der Waals surface area contributed by atoms with Crippen LogP contribution in [0.2, 0.25) is 0 Å². The summed E-state index contributed by atoms with van der Waals surface area (Å²) < 4.78 is 0. The van der Waals surface area contributed by atoms with Gasteiger partial charge in [-0.05, 0) is 32.8 Å². The average molecular weight is 302 g/mol. The van der Waals surface area contributed by atoms with Crippen LogP contribution in [0.4, 0.5) is 0 Å². The van der Waals surface area contributed by atoms with E-state index in [1.54, 1.807) is 11.3 Å². The van der Waals surface area contributed by atoms with E-state index in [1.807, 2.05) is 35.4 Å². The van der Waals surface area contributed by atoms with Gasteiger partial charge in [0.2, 0.25) is 5.91 Å². The highest BCUT2D eigenvalue weighted by atomic mass is 32.1. The molecule has 0 N–H and O–H groups in total. The summed E-state index contributed by atoms with van der Waals surface area (Å²) in [6, 6.07) is 10.3. The van der Waals surface area contributed by atoms with Gasteiger partial charge in [-0.1, -0.05) is 30.3 Å². The molecule has 21 heavy (non-hydrogen) atoms. The van der Waals surface area contributed by atoms with Crippen molar-refractivity contribution < 1.29 is 4.79 Å². The summed E-state index contributed by atoms with van der Waals surface area (Å²) >= 11 is 1.64. The van der Waals surface area contributed by atoms with Crippen LogP contribution in [0, 0.1) is 6.92 Å². The maximum absolute atomic E-state index is 12.5. The molecule has 0 saturated heterocycles. The second-order valence-electron chi connectivity index (χ2n) is 5.46. The minimum Gasteiger partial charge on any atom is -0.336 e. The van der Waals surface area contributed by atoms with Crippen LogP contribution in [0.1, 0.15) is 36.5 Å². The van der Waals surface area contributed by atoms with E-state index in [0.29, 0.717) is 13.0 Å². The zero-order chi connectivity index (χ0) is 15.2. The molecule has 0 radical (unpaired) electrons. The third-order valence-electron chi connectivity index (χ3n) is 3.40. The van der Waals surface area contributed by atoms with Crippen molar-refractivity contribution in [1.82, 2.24) is 9.88 Å². The smallest absolute Gasteiger partial charge is 0.223 e. The Bertz CT molecular complexity index is 577. The topological polar surface area (TPSA) is 33.2 Å². The predicted octanol–water partition coefficient (Wildman–Crippen LogP) is 3.82. The molecule has 0 aliphatic carbocycles. The molecule has 0 aliphatic heterocycles. The lowest BCUT2D eigenvalue weighted by Crippen LogP contribution is -2.36.